The zero-order chi connectivity index (χ0) is 27.9. The van der Waals surface area contributed by atoms with Crippen molar-refractivity contribution in [1.82, 2.24) is 15.2 Å². The van der Waals surface area contributed by atoms with Crippen molar-refractivity contribution < 1.29 is 14.3 Å². The number of benzene rings is 2. The Hall–Kier alpha value is -2.68. The number of amides is 2. The summed E-state index contributed by atoms with van der Waals surface area (Å²) in [5.74, 6) is -1.67. The summed E-state index contributed by atoms with van der Waals surface area (Å²) >= 11 is 19.3. The number of nitrogens with zero attached hydrogens (tertiary/aromatic N) is 2. The molecule has 1 aromatic heterocycles. The number of morpholine rings is 1. The van der Waals surface area contributed by atoms with Crippen LogP contribution in [0.4, 0.5) is 0 Å². The van der Waals surface area contributed by atoms with Crippen LogP contribution in [0.3, 0.4) is 0 Å². The summed E-state index contributed by atoms with van der Waals surface area (Å²) in [4.78, 5) is 32.5. The molecule has 7 nitrogen and oxygen atoms in total. The number of nitrogens with one attached hydrogen (secondary N) is 1. The minimum atomic E-state index is -0.980. The van der Waals surface area contributed by atoms with Crippen LogP contribution in [0.1, 0.15) is 34.7 Å². The molecule has 1 unspecified atom stereocenters. The molecule has 1 saturated heterocycles. The molecule has 1 atom stereocenters. The van der Waals surface area contributed by atoms with Gasteiger partial charge in [0.2, 0.25) is 11.8 Å². The molecule has 2 aromatic carbocycles. The first-order valence-electron chi connectivity index (χ1n) is 12.8. The van der Waals surface area contributed by atoms with E-state index in [0.717, 1.165) is 49.5 Å². The molecular formula is C29H31Cl3N4O3. The summed E-state index contributed by atoms with van der Waals surface area (Å²) in [5, 5.41) is 4.23. The number of rotatable bonds is 10. The predicted octanol–water partition coefficient (Wildman–Crippen LogP) is 5.02. The quantitative estimate of drug-likeness (QED) is 0.346. The van der Waals surface area contributed by atoms with Gasteiger partial charge in [0.15, 0.2) is 0 Å². The van der Waals surface area contributed by atoms with Crippen LogP contribution < -0.4 is 11.1 Å². The number of aromatic nitrogens is 1. The number of hydrogen-bond acceptors (Lipinski definition) is 5. The molecule has 3 N–H and O–H groups in total. The Morgan fingerprint density at radius 1 is 1.05 bits per heavy atom. The van der Waals surface area contributed by atoms with Crippen LogP contribution in [-0.2, 0) is 20.7 Å². The molecule has 0 aliphatic carbocycles. The van der Waals surface area contributed by atoms with E-state index in [4.69, 9.17) is 50.3 Å². The van der Waals surface area contributed by atoms with Crippen LogP contribution >= 0.6 is 34.8 Å². The predicted molar refractivity (Wildman–Crippen MR) is 156 cm³/mol. The minimum absolute atomic E-state index is 0.0530. The molecule has 39 heavy (non-hydrogen) atoms. The van der Waals surface area contributed by atoms with Gasteiger partial charge < -0.3 is 15.8 Å². The lowest BCUT2D eigenvalue weighted by atomic mass is 9.91. The Labute approximate surface area is 243 Å². The molecule has 1 aliphatic rings. The molecule has 0 spiro atoms. The van der Waals surface area contributed by atoms with E-state index in [1.54, 1.807) is 24.3 Å². The van der Waals surface area contributed by atoms with E-state index in [9.17, 15) is 9.59 Å². The van der Waals surface area contributed by atoms with Crippen LogP contribution in [0.15, 0.2) is 48.5 Å². The van der Waals surface area contributed by atoms with Gasteiger partial charge in [-0.05, 0) is 54.8 Å². The van der Waals surface area contributed by atoms with E-state index >= 15 is 0 Å². The third kappa shape index (κ3) is 7.50. The fourth-order valence-electron chi connectivity index (χ4n) is 4.67. The highest BCUT2D eigenvalue weighted by atomic mass is 35.5. The maximum atomic E-state index is 12.8. The van der Waals surface area contributed by atoms with Crippen molar-refractivity contribution in [1.29, 1.82) is 0 Å². The molecular weight excluding hydrogens is 559 g/mol. The lowest BCUT2D eigenvalue weighted by Gasteiger charge is -2.26. The Balaban J connectivity index is 1.62. The first-order chi connectivity index (χ1) is 18.7. The third-order valence-electron chi connectivity index (χ3n) is 6.81. The van der Waals surface area contributed by atoms with Crippen LogP contribution in [0.5, 0.6) is 0 Å². The highest BCUT2D eigenvalue weighted by Crippen LogP contribution is 2.37. The summed E-state index contributed by atoms with van der Waals surface area (Å²) in [6.45, 7) is 6.45. The summed E-state index contributed by atoms with van der Waals surface area (Å²) in [6, 6.07) is 14.3. The zero-order valence-corrected chi connectivity index (χ0v) is 24.0. The SMILES string of the molecule is Cc1c(Cl)cccc1-c1cc(CCC(=O)NCCN2CCOCC2)cc(C(C(N)=O)c2c(Cl)cccc2Cl)n1. The van der Waals surface area contributed by atoms with Crippen molar-refractivity contribution in [3.05, 3.63) is 86.0 Å². The zero-order valence-electron chi connectivity index (χ0n) is 21.7. The van der Waals surface area contributed by atoms with Crippen molar-refractivity contribution in [3.8, 4) is 11.3 Å². The Morgan fingerprint density at radius 2 is 1.72 bits per heavy atom. The standard InChI is InChI=1S/C29H31Cl3N4O3/c1-18-20(4-2-5-21(18)30)24-16-19(8-9-26(37)34-10-11-36-12-14-39-15-13-36)17-25(35-24)28(29(33)38)27-22(31)6-3-7-23(27)32/h2-7,16-17,28H,8-15H2,1H3,(H2,33,38)(H,34,37). The lowest BCUT2D eigenvalue weighted by Crippen LogP contribution is -2.41. The number of nitrogens with two attached hydrogens (primary N) is 1. The second kappa shape index (κ2) is 13.6. The van der Waals surface area contributed by atoms with Crippen molar-refractivity contribution in [2.45, 2.75) is 25.7 Å². The number of ether oxygens (including phenoxy) is 1. The fourth-order valence-corrected chi connectivity index (χ4v) is 5.46. The monoisotopic (exact) mass is 588 g/mol. The Kier molecular flexibility index (Phi) is 10.2. The molecule has 3 aromatic rings. The number of aryl methyl sites for hydroxylation is 1. The van der Waals surface area contributed by atoms with Crippen LogP contribution in [0.2, 0.25) is 15.1 Å². The van der Waals surface area contributed by atoms with Crippen molar-refractivity contribution in [3.63, 3.8) is 0 Å². The molecule has 1 aliphatic heterocycles. The first-order valence-corrected chi connectivity index (χ1v) is 13.9. The molecule has 1 fully saturated rings. The fraction of sp³-hybridized carbons (Fsp3) is 0.345. The maximum absolute atomic E-state index is 12.8. The van der Waals surface area contributed by atoms with Gasteiger partial charge in [-0.25, -0.2) is 0 Å². The van der Waals surface area contributed by atoms with Gasteiger partial charge in [0.1, 0.15) is 5.92 Å². The van der Waals surface area contributed by atoms with Gasteiger partial charge in [-0.3, -0.25) is 19.5 Å². The van der Waals surface area contributed by atoms with Gasteiger partial charge >= 0.3 is 0 Å². The van der Waals surface area contributed by atoms with Gasteiger partial charge in [0, 0.05) is 58.8 Å². The summed E-state index contributed by atoms with van der Waals surface area (Å²) in [5.41, 5.74) is 9.78. The van der Waals surface area contributed by atoms with E-state index < -0.39 is 11.8 Å². The van der Waals surface area contributed by atoms with E-state index in [1.165, 1.54) is 0 Å². The minimum Gasteiger partial charge on any atom is -0.379 e. The van der Waals surface area contributed by atoms with Crippen LogP contribution in [-0.4, -0.2) is 61.1 Å². The van der Waals surface area contributed by atoms with Gasteiger partial charge in [0.25, 0.3) is 0 Å². The number of carbonyl (C=O) groups is 2. The number of halogens is 3. The summed E-state index contributed by atoms with van der Waals surface area (Å²) < 4.78 is 5.37. The van der Waals surface area contributed by atoms with Gasteiger partial charge in [0.05, 0.1) is 24.6 Å². The third-order valence-corrected chi connectivity index (χ3v) is 7.88. The normalized spacial score (nSPS) is 14.7. The average molecular weight is 590 g/mol. The molecule has 0 saturated carbocycles. The number of hydrogen-bond donors (Lipinski definition) is 2. The van der Waals surface area contributed by atoms with E-state index in [0.29, 0.717) is 45.0 Å². The smallest absolute Gasteiger partial charge is 0.231 e. The average Bonchev–Trinajstić information content (AvgIpc) is 2.91. The van der Waals surface area contributed by atoms with Crippen molar-refractivity contribution >= 4 is 46.6 Å². The van der Waals surface area contributed by atoms with E-state index in [-0.39, 0.29) is 12.3 Å². The summed E-state index contributed by atoms with van der Waals surface area (Å²) in [6.07, 6.45) is 0.710. The van der Waals surface area contributed by atoms with E-state index in [2.05, 4.69) is 10.2 Å². The molecule has 2 amide bonds. The summed E-state index contributed by atoms with van der Waals surface area (Å²) in [7, 11) is 0. The van der Waals surface area contributed by atoms with Gasteiger partial charge in [-0.15, -0.1) is 0 Å². The maximum Gasteiger partial charge on any atom is 0.231 e. The van der Waals surface area contributed by atoms with Crippen molar-refractivity contribution in [2.24, 2.45) is 5.73 Å². The molecule has 0 bridgehead atoms. The van der Waals surface area contributed by atoms with Gasteiger partial charge in [-0.2, -0.15) is 0 Å². The molecule has 4 rings (SSSR count). The molecule has 10 heteroatoms. The molecule has 206 valence electrons. The Morgan fingerprint density at radius 3 is 2.41 bits per heavy atom. The number of primary amides is 1. The van der Waals surface area contributed by atoms with Gasteiger partial charge in [-0.1, -0.05) is 53.0 Å². The second-order valence-corrected chi connectivity index (χ2v) is 10.7. The molecule has 0 radical (unpaired) electrons. The first kappa shape index (κ1) is 29.3. The Bertz CT molecular complexity index is 1330. The van der Waals surface area contributed by atoms with Crippen LogP contribution in [0, 0.1) is 6.92 Å². The lowest BCUT2D eigenvalue weighted by molar-refractivity contribution is -0.121. The second-order valence-electron chi connectivity index (χ2n) is 9.47. The number of pyridine rings is 1. The topological polar surface area (TPSA) is 97.5 Å². The largest absolute Gasteiger partial charge is 0.379 e. The van der Waals surface area contributed by atoms with Crippen molar-refractivity contribution in [2.75, 3.05) is 39.4 Å². The van der Waals surface area contributed by atoms with E-state index in [1.807, 2.05) is 31.2 Å². The highest BCUT2D eigenvalue weighted by Gasteiger charge is 2.28. The number of carbonyl (C=O) groups excluding carboxylic acids is 2. The molecule has 2 heterocycles. The highest BCUT2D eigenvalue weighted by molar-refractivity contribution is 6.36. The van der Waals surface area contributed by atoms with Crippen LogP contribution in [0.25, 0.3) is 11.3 Å².